The molecule has 0 saturated carbocycles. The van der Waals surface area contributed by atoms with Crippen molar-refractivity contribution in [3.05, 3.63) is 76.5 Å². The summed E-state index contributed by atoms with van der Waals surface area (Å²) in [7, 11) is 0. The van der Waals surface area contributed by atoms with E-state index < -0.39 is 0 Å². The first-order valence-electron chi connectivity index (χ1n) is 9.60. The Morgan fingerprint density at radius 1 is 1.24 bits per heavy atom. The Kier molecular flexibility index (Phi) is 4.95. The Bertz CT molecular complexity index is 1070. The number of aliphatic imine (C=N–C) groups is 1. The maximum Gasteiger partial charge on any atom is 0.161 e. The van der Waals surface area contributed by atoms with E-state index in [0.29, 0.717) is 21.8 Å². The number of halogens is 2. The number of furan rings is 1. The topological polar surface area (TPSA) is 41.6 Å². The second-order valence-corrected chi connectivity index (χ2v) is 9.07. The number of rotatable bonds is 4. The normalized spacial score (nSPS) is 23.3. The van der Waals surface area contributed by atoms with Crippen LogP contribution in [-0.4, -0.2) is 26.8 Å². The number of pyridine rings is 1. The van der Waals surface area contributed by atoms with Crippen LogP contribution in [0.25, 0.3) is 11.3 Å². The number of benzene rings is 1. The van der Waals surface area contributed by atoms with Gasteiger partial charge in [-0.15, -0.1) is 0 Å². The van der Waals surface area contributed by atoms with E-state index in [-0.39, 0.29) is 17.9 Å². The van der Waals surface area contributed by atoms with Gasteiger partial charge in [-0.2, -0.15) is 0 Å². The fourth-order valence-corrected chi connectivity index (χ4v) is 5.68. The van der Waals surface area contributed by atoms with Crippen molar-refractivity contribution in [1.82, 2.24) is 9.88 Å². The predicted molar refractivity (Wildman–Crippen MR) is 117 cm³/mol. The SMILES string of the molecule is CC[C@@H]1CSC2=N[C@H](c3ccccn3)[C@@H](c3ccc(-c4ccc(Br)cc4F)o3)N21. The van der Waals surface area contributed by atoms with Crippen LogP contribution in [0.15, 0.2) is 68.6 Å². The summed E-state index contributed by atoms with van der Waals surface area (Å²) in [6.45, 7) is 2.20. The van der Waals surface area contributed by atoms with Crippen molar-refractivity contribution in [3.63, 3.8) is 0 Å². The number of hydrogen-bond donors (Lipinski definition) is 0. The number of hydrogen-bond acceptors (Lipinski definition) is 5. The number of nitrogens with zero attached hydrogens (tertiary/aromatic N) is 3. The molecule has 0 N–H and O–H groups in total. The molecule has 2 aromatic heterocycles. The second kappa shape index (κ2) is 7.61. The zero-order valence-electron chi connectivity index (χ0n) is 15.8. The minimum atomic E-state index is -0.312. The van der Waals surface area contributed by atoms with Crippen molar-refractivity contribution in [2.75, 3.05) is 5.75 Å². The molecule has 148 valence electrons. The van der Waals surface area contributed by atoms with Gasteiger partial charge in [-0.05, 0) is 48.9 Å². The molecule has 3 atom stereocenters. The van der Waals surface area contributed by atoms with Crippen molar-refractivity contribution >= 4 is 32.9 Å². The molecular formula is C22H19BrFN3OS. The van der Waals surface area contributed by atoms with E-state index in [1.807, 2.05) is 36.4 Å². The zero-order chi connectivity index (χ0) is 20.0. The first-order chi connectivity index (χ1) is 14.2. The fourth-order valence-electron chi connectivity index (χ4n) is 4.01. The summed E-state index contributed by atoms with van der Waals surface area (Å²) in [5, 5.41) is 1.05. The van der Waals surface area contributed by atoms with Gasteiger partial charge in [0.25, 0.3) is 0 Å². The van der Waals surface area contributed by atoms with Gasteiger partial charge in [-0.3, -0.25) is 4.98 Å². The molecule has 0 unspecified atom stereocenters. The first kappa shape index (κ1) is 18.9. The zero-order valence-corrected chi connectivity index (χ0v) is 18.2. The Labute approximate surface area is 181 Å². The van der Waals surface area contributed by atoms with Gasteiger partial charge >= 0.3 is 0 Å². The summed E-state index contributed by atoms with van der Waals surface area (Å²) in [5.41, 5.74) is 1.37. The van der Waals surface area contributed by atoms with E-state index >= 15 is 0 Å². The molecule has 0 aliphatic carbocycles. The van der Waals surface area contributed by atoms with E-state index in [1.54, 1.807) is 24.0 Å². The Morgan fingerprint density at radius 2 is 2.14 bits per heavy atom. The van der Waals surface area contributed by atoms with Crippen LogP contribution >= 0.6 is 27.7 Å². The van der Waals surface area contributed by atoms with Gasteiger partial charge in [-0.1, -0.05) is 40.7 Å². The van der Waals surface area contributed by atoms with Crippen molar-refractivity contribution in [3.8, 4) is 11.3 Å². The lowest BCUT2D eigenvalue weighted by molar-refractivity contribution is 0.226. The summed E-state index contributed by atoms with van der Waals surface area (Å²) < 4.78 is 21.4. The van der Waals surface area contributed by atoms with E-state index in [4.69, 9.17) is 9.41 Å². The highest BCUT2D eigenvalue weighted by molar-refractivity contribution is 9.10. The lowest BCUT2D eigenvalue weighted by Crippen LogP contribution is -2.35. The van der Waals surface area contributed by atoms with Crippen LogP contribution in [0.4, 0.5) is 4.39 Å². The fraction of sp³-hybridized carbons (Fsp3) is 0.273. The van der Waals surface area contributed by atoms with Crippen LogP contribution in [0.3, 0.4) is 0 Å². The van der Waals surface area contributed by atoms with Crippen LogP contribution in [-0.2, 0) is 0 Å². The second-order valence-electron chi connectivity index (χ2n) is 7.16. The maximum absolute atomic E-state index is 14.5. The van der Waals surface area contributed by atoms with Gasteiger partial charge < -0.3 is 9.32 Å². The standard InChI is InChI=1S/C22H19BrFN3OS/c1-2-14-12-29-22-26-20(17-5-3-4-10-25-17)21(27(14)22)19-9-8-18(28-19)15-7-6-13(23)11-16(15)24/h3-11,14,20-21H,2,12H2,1H3/t14-,20-,21-/m1/s1. The van der Waals surface area contributed by atoms with Gasteiger partial charge in [0.15, 0.2) is 5.17 Å². The highest BCUT2D eigenvalue weighted by Crippen LogP contribution is 2.49. The first-order valence-corrected chi connectivity index (χ1v) is 11.4. The van der Waals surface area contributed by atoms with Gasteiger partial charge in [0, 0.05) is 22.5 Å². The third-order valence-corrected chi connectivity index (χ3v) is 7.06. The average Bonchev–Trinajstić information content (AvgIpc) is 3.43. The Morgan fingerprint density at radius 3 is 2.90 bits per heavy atom. The summed E-state index contributed by atoms with van der Waals surface area (Å²) in [5.74, 6) is 2.03. The van der Waals surface area contributed by atoms with E-state index in [0.717, 1.165) is 28.8 Å². The summed E-state index contributed by atoms with van der Waals surface area (Å²) >= 11 is 5.10. The molecule has 0 amide bonds. The monoisotopic (exact) mass is 471 g/mol. The van der Waals surface area contributed by atoms with Crippen molar-refractivity contribution in [1.29, 1.82) is 0 Å². The molecule has 2 aliphatic heterocycles. The molecule has 0 radical (unpaired) electrons. The van der Waals surface area contributed by atoms with Crippen molar-refractivity contribution in [2.45, 2.75) is 31.5 Å². The van der Waals surface area contributed by atoms with Gasteiger partial charge in [-0.25, -0.2) is 9.38 Å². The minimum absolute atomic E-state index is 0.0768. The van der Waals surface area contributed by atoms with Gasteiger partial charge in [0.2, 0.25) is 0 Å². The summed E-state index contributed by atoms with van der Waals surface area (Å²) in [6, 6.07) is 14.9. The largest absolute Gasteiger partial charge is 0.459 e. The van der Waals surface area contributed by atoms with Gasteiger partial charge in [0.1, 0.15) is 29.4 Å². The number of amidine groups is 1. The average molecular weight is 472 g/mol. The molecule has 4 heterocycles. The molecular weight excluding hydrogens is 453 g/mol. The lowest BCUT2D eigenvalue weighted by Gasteiger charge is -2.30. The number of thioether (sulfide) groups is 1. The van der Waals surface area contributed by atoms with E-state index in [1.165, 1.54) is 6.07 Å². The maximum atomic E-state index is 14.5. The number of aromatic nitrogens is 1. The lowest BCUT2D eigenvalue weighted by atomic mass is 10.0. The molecule has 7 heteroatoms. The van der Waals surface area contributed by atoms with Crippen LogP contribution in [0.2, 0.25) is 0 Å². The molecule has 2 aliphatic rings. The Balaban J connectivity index is 1.56. The molecule has 0 spiro atoms. The van der Waals surface area contributed by atoms with Crippen LogP contribution in [0.5, 0.6) is 0 Å². The summed E-state index contributed by atoms with van der Waals surface area (Å²) in [4.78, 5) is 11.9. The minimum Gasteiger partial charge on any atom is -0.459 e. The molecule has 3 aromatic rings. The predicted octanol–water partition coefficient (Wildman–Crippen LogP) is 6.22. The molecule has 29 heavy (non-hydrogen) atoms. The third-order valence-electron chi connectivity index (χ3n) is 5.44. The molecule has 1 aromatic carbocycles. The molecule has 1 fully saturated rings. The quantitative estimate of drug-likeness (QED) is 0.452. The van der Waals surface area contributed by atoms with Crippen molar-refractivity contribution < 1.29 is 8.81 Å². The third kappa shape index (κ3) is 3.30. The molecule has 1 saturated heterocycles. The highest BCUT2D eigenvalue weighted by Gasteiger charge is 2.46. The van der Waals surface area contributed by atoms with Gasteiger partial charge in [0.05, 0.1) is 11.3 Å². The van der Waals surface area contributed by atoms with Crippen LogP contribution in [0, 0.1) is 5.82 Å². The Hall–Kier alpha value is -2.12. The highest BCUT2D eigenvalue weighted by atomic mass is 79.9. The van der Waals surface area contributed by atoms with Crippen LogP contribution < -0.4 is 0 Å². The smallest absolute Gasteiger partial charge is 0.161 e. The number of fused-ring (bicyclic) bond motifs is 1. The molecule has 5 rings (SSSR count). The van der Waals surface area contributed by atoms with Crippen LogP contribution in [0.1, 0.15) is 36.9 Å². The molecule has 4 nitrogen and oxygen atoms in total. The van der Waals surface area contributed by atoms with E-state index in [9.17, 15) is 4.39 Å². The molecule has 0 bridgehead atoms. The van der Waals surface area contributed by atoms with E-state index in [2.05, 4.69) is 32.7 Å². The van der Waals surface area contributed by atoms with Crippen molar-refractivity contribution in [2.24, 2.45) is 4.99 Å². The summed E-state index contributed by atoms with van der Waals surface area (Å²) in [6.07, 6.45) is 2.83.